The van der Waals surface area contributed by atoms with Gasteiger partial charge >= 0.3 is 0 Å². The third-order valence-electron chi connectivity index (χ3n) is 2.90. The van der Waals surface area contributed by atoms with Gasteiger partial charge in [0.2, 0.25) is 0 Å². The van der Waals surface area contributed by atoms with Crippen molar-refractivity contribution in [3.05, 3.63) is 35.4 Å². The largest absolute Gasteiger partial charge is 0.383 e. The highest BCUT2D eigenvalue weighted by Gasteiger charge is 2.19. The molecule has 0 aliphatic rings. The van der Waals surface area contributed by atoms with Gasteiger partial charge in [-0.05, 0) is 29.9 Å². The Morgan fingerprint density at radius 3 is 2.00 bits per heavy atom. The highest BCUT2D eigenvalue weighted by molar-refractivity contribution is 5.28. The van der Waals surface area contributed by atoms with E-state index >= 15 is 0 Å². The van der Waals surface area contributed by atoms with E-state index in [-0.39, 0.29) is 11.0 Å². The number of hydrogen-bond acceptors (Lipinski definition) is 2. The van der Waals surface area contributed by atoms with Crippen molar-refractivity contribution in [2.75, 3.05) is 13.7 Å². The highest BCUT2D eigenvalue weighted by Crippen LogP contribution is 2.23. The zero-order chi connectivity index (χ0) is 13.1. The van der Waals surface area contributed by atoms with Crippen LogP contribution in [0.5, 0.6) is 0 Å². The number of ether oxygens (including phenoxy) is 1. The fraction of sp³-hybridized carbons (Fsp3) is 0.600. The van der Waals surface area contributed by atoms with Gasteiger partial charge in [0.05, 0.1) is 6.61 Å². The Morgan fingerprint density at radius 1 is 1.06 bits per heavy atom. The first-order valence-electron chi connectivity index (χ1n) is 6.12. The van der Waals surface area contributed by atoms with Crippen LogP contribution in [-0.2, 0) is 16.6 Å². The van der Waals surface area contributed by atoms with Crippen molar-refractivity contribution < 1.29 is 4.74 Å². The van der Waals surface area contributed by atoms with Crippen molar-refractivity contribution >= 4 is 0 Å². The van der Waals surface area contributed by atoms with E-state index in [0.29, 0.717) is 6.61 Å². The van der Waals surface area contributed by atoms with E-state index in [4.69, 9.17) is 10.5 Å². The Labute approximate surface area is 105 Å². The molecule has 17 heavy (non-hydrogen) atoms. The first-order chi connectivity index (χ1) is 7.74. The Morgan fingerprint density at radius 2 is 1.59 bits per heavy atom. The van der Waals surface area contributed by atoms with Crippen molar-refractivity contribution in [3.63, 3.8) is 0 Å². The third-order valence-corrected chi connectivity index (χ3v) is 2.90. The van der Waals surface area contributed by atoms with E-state index in [0.717, 1.165) is 6.42 Å². The summed E-state index contributed by atoms with van der Waals surface area (Å²) in [5, 5.41) is 0. The lowest BCUT2D eigenvalue weighted by Gasteiger charge is -2.24. The first-order valence-corrected chi connectivity index (χ1v) is 6.12. The van der Waals surface area contributed by atoms with E-state index in [2.05, 4.69) is 45.0 Å². The molecule has 0 aromatic heterocycles. The molecule has 0 fully saturated rings. The summed E-state index contributed by atoms with van der Waals surface area (Å²) in [6, 6.07) is 8.72. The van der Waals surface area contributed by atoms with Gasteiger partial charge in [0.1, 0.15) is 0 Å². The summed E-state index contributed by atoms with van der Waals surface area (Å²) in [4.78, 5) is 0. The van der Waals surface area contributed by atoms with E-state index in [1.165, 1.54) is 11.1 Å². The first kappa shape index (κ1) is 14.2. The van der Waals surface area contributed by atoms with Crippen LogP contribution in [0.4, 0.5) is 0 Å². The smallest absolute Gasteiger partial charge is 0.0642 e. The molecule has 0 aliphatic carbocycles. The highest BCUT2D eigenvalue weighted by atomic mass is 16.5. The molecule has 1 rings (SSSR count). The average Bonchev–Trinajstić information content (AvgIpc) is 2.16. The summed E-state index contributed by atoms with van der Waals surface area (Å²) in [7, 11) is 1.69. The molecule has 1 atom stereocenters. The van der Waals surface area contributed by atoms with Crippen LogP contribution in [-0.4, -0.2) is 19.3 Å². The maximum atomic E-state index is 6.16. The molecule has 0 amide bonds. The van der Waals surface area contributed by atoms with Gasteiger partial charge < -0.3 is 10.5 Å². The third kappa shape index (κ3) is 4.49. The maximum absolute atomic E-state index is 6.16. The van der Waals surface area contributed by atoms with Crippen LogP contribution in [0.3, 0.4) is 0 Å². The molecule has 2 N–H and O–H groups in total. The van der Waals surface area contributed by atoms with Crippen LogP contribution in [0.25, 0.3) is 0 Å². The molecule has 0 bridgehead atoms. The average molecular weight is 235 g/mol. The van der Waals surface area contributed by atoms with Crippen molar-refractivity contribution in [1.82, 2.24) is 0 Å². The van der Waals surface area contributed by atoms with Crippen LogP contribution in [0.15, 0.2) is 24.3 Å². The molecular formula is C15H25NO. The minimum absolute atomic E-state index is 0.205. The number of methoxy groups -OCH3 is 1. The molecule has 0 aliphatic heterocycles. The Kier molecular flexibility index (Phi) is 4.34. The number of rotatable bonds is 4. The van der Waals surface area contributed by atoms with Gasteiger partial charge in [-0.1, -0.05) is 45.0 Å². The molecule has 0 radical (unpaired) electrons. The fourth-order valence-electron chi connectivity index (χ4n) is 1.97. The van der Waals surface area contributed by atoms with Gasteiger partial charge in [-0.15, -0.1) is 0 Å². The fourth-order valence-corrected chi connectivity index (χ4v) is 1.97. The molecule has 2 heteroatoms. The second kappa shape index (κ2) is 5.19. The molecule has 1 aromatic carbocycles. The van der Waals surface area contributed by atoms with E-state index < -0.39 is 0 Å². The minimum Gasteiger partial charge on any atom is -0.383 e. The van der Waals surface area contributed by atoms with Crippen molar-refractivity contribution in [2.24, 2.45) is 5.73 Å². The number of nitrogens with two attached hydrogens (primary N) is 1. The van der Waals surface area contributed by atoms with Crippen LogP contribution in [0, 0.1) is 0 Å². The van der Waals surface area contributed by atoms with Gasteiger partial charge in [-0.2, -0.15) is 0 Å². The summed E-state index contributed by atoms with van der Waals surface area (Å²) in [6.45, 7) is 9.27. The molecule has 1 unspecified atom stereocenters. The molecule has 0 heterocycles. The topological polar surface area (TPSA) is 35.2 Å². The maximum Gasteiger partial charge on any atom is 0.0642 e. The van der Waals surface area contributed by atoms with E-state index in [1.807, 2.05) is 6.92 Å². The molecule has 96 valence electrons. The molecule has 2 nitrogen and oxygen atoms in total. The second-order valence-electron chi connectivity index (χ2n) is 6.21. The van der Waals surface area contributed by atoms with Crippen molar-refractivity contribution in [3.8, 4) is 0 Å². The zero-order valence-electron chi connectivity index (χ0n) is 11.7. The van der Waals surface area contributed by atoms with Gasteiger partial charge in [0.25, 0.3) is 0 Å². The van der Waals surface area contributed by atoms with Gasteiger partial charge in [-0.3, -0.25) is 0 Å². The predicted molar refractivity (Wildman–Crippen MR) is 73.3 cm³/mol. The number of hydrogen-bond donors (Lipinski definition) is 1. The zero-order valence-corrected chi connectivity index (χ0v) is 11.7. The monoisotopic (exact) mass is 235 g/mol. The lowest BCUT2D eigenvalue weighted by Crippen LogP contribution is -2.43. The second-order valence-corrected chi connectivity index (χ2v) is 6.21. The standard InChI is InChI=1S/C15H25NO/c1-14(2,3)13-8-6-12(7-9-13)10-15(4,16)11-17-5/h6-9H,10-11,16H2,1-5H3. The lowest BCUT2D eigenvalue weighted by atomic mass is 9.85. The van der Waals surface area contributed by atoms with Crippen molar-refractivity contribution in [2.45, 2.75) is 45.1 Å². The SMILES string of the molecule is COCC(C)(N)Cc1ccc(C(C)(C)C)cc1. The van der Waals surface area contributed by atoms with Crippen molar-refractivity contribution in [1.29, 1.82) is 0 Å². The summed E-state index contributed by atoms with van der Waals surface area (Å²) in [5.74, 6) is 0. The summed E-state index contributed by atoms with van der Waals surface area (Å²) in [5.41, 5.74) is 8.69. The van der Waals surface area contributed by atoms with Crippen LogP contribution < -0.4 is 5.73 Å². The molecule has 0 spiro atoms. The van der Waals surface area contributed by atoms with Crippen LogP contribution in [0.2, 0.25) is 0 Å². The van der Waals surface area contributed by atoms with Gasteiger partial charge in [0, 0.05) is 12.6 Å². The molecule has 1 aromatic rings. The Bertz CT molecular complexity index is 346. The Balaban J connectivity index is 2.75. The van der Waals surface area contributed by atoms with Gasteiger partial charge in [-0.25, -0.2) is 0 Å². The Hall–Kier alpha value is -0.860. The van der Waals surface area contributed by atoms with E-state index in [9.17, 15) is 0 Å². The molecular weight excluding hydrogens is 210 g/mol. The predicted octanol–water partition coefficient (Wildman–Crippen LogP) is 2.89. The minimum atomic E-state index is -0.294. The molecule has 0 saturated carbocycles. The number of benzene rings is 1. The lowest BCUT2D eigenvalue weighted by molar-refractivity contribution is 0.141. The quantitative estimate of drug-likeness (QED) is 0.871. The van der Waals surface area contributed by atoms with Gasteiger partial charge in [0.15, 0.2) is 0 Å². The summed E-state index contributed by atoms with van der Waals surface area (Å²) < 4.78 is 5.13. The van der Waals surface area contributed by atoms with Crippen LogP contribution in [0.1, 0.15) is 38.8 Å². The normalized spacial score (nSPS) is 15.6. The summed E-state index contributed by atoms with van der Waals surface area (Å²) in [6.07, 6.45) is 0.839. The van der Waals surface area contributed by atoms with E-state index in [1.54, 1.807) is 7.11 Å². The van der Waals surface area contributed by atoms with Crippen LogP contribution >= 0.6 is 0 Å². The summed E-state index contributed by atoms with van der Waals surface area (Å²) >= 11 is 0. The molecule has 0 saturated heterocycles.